The molecule has 1 aliphatic heterocycles. The van der Waals surface area contributed by atoms with E-state index in [0.29, 0.717) is 30.8 Å². The summed E-state index contributed by atoms with van der Waals surface area (Å²) in [7, 11) is 1.48. The van der Waals surface area contributed by atoms with Crippen molar-refractivity contribution < 1.29 is 19.4 Å². The van der Waals surface area contributed by atoms with Crippen molar-refractivity contribution in [3.63, 3.8) is 0 Å². The fourth-order valence-corrected chi connectivity index (χ4v) is 3.61. The molecule has 2 aromatic rings. The largest absolute Gasteiger partial charge is 0.465 e. The van der Waals surface area contributed by atoms with Crippen LogP contribution in [0.15, 0.2) is 16.9 Å². The van der Waals surface area contributed by atoms with Gasteiger partial charge in [-0.25, -0.2) is 9.78 Å². The molecule has 0 aromatic carbocycles. The Morgan fingerprint density at radius 2 is 2.31 bits per heavy atom. The fourth-order valence-electron chi connectivity index (χ4n) is 3.06. The number of H-pyrrole nitrogens is 1. The van der Waals surface area contributed by atoms with E-state index in [-0.39, 0.29) is 11.9 Å². The molecule has 2 amide bonds. The van der Waals surface area contributed by atoms with Gasteiger partial charge in [0.1, 0.15) is 11.8 Å². The van der Waals surface area contributed by atoms with Gasteiger partial charge in [0, 0.05) is 32.6 Å². The first-order valence-corrected chi connectivity index (χ1v) is 8.93. The molecule has 1 saturated heterocycles. The highest BCUT2D eigenvalue weighted by Gasteiger charge is 2.28. The van der Waals surface area contributed by atoms with E-state index >= 15 is 0 Å². The first-order valence-electron chi connectivity index (χ1n) is 8.14. The smallest absolute Gasteiger partial charge is 0.404 e. The molecule has 0 spiro atoms. The second-order valence-corrected chi connectivity index (χ2v) is 6.98. The number of rotatable bonds is 5. The van der Waals surface area contributed by atoms with E-state index in [2.05, 4.69) is 41.4 Å². The Kier molecular flexibility index (Phi) is 5.33. The maximum atomic E-state index is 12.2. The number of ether oxygens (including phenoxy) is 1. The van der Waals surface area contributed by atoms with Crippen LogP contribution in [0.1, 0.15) is 13.3 Å². The molecule has 1 fully saturated rings. The van der Waals surface area contributed by atoms with Crippen LogP contribution < -0.4 is 15.5 Å². The molecule has 0 radical (unpaired) electrons. The van der Waals surface area contributed by atoms with Crippen molar-refractivity contribution in [3.8, 4) is 0 Å². The van der Waals surface area contributed by atoms with Crippen LogP contribution in [0.25, 0.3) is 11.0 Å². The summed E-state index contributed by atoms with van der Waals surface area (Å²) < 4.78 is 5.83. The van der Waals surface area contributed by atoms with Gasteiger partial charge in [-0.2, -0.15) is 0 Å². The van der Waals surface area contributed by atoms with Gasteiger partial charge in [-0.1, -0.05) is 0 Å². The van der Waals surface area contributed by atoms with Gasteiger partial charge >= 0.3 is 6.09 Å². The molecule has 140 valence electrons. The molecule has 26 heavy (non-hydrogen) atoms. The molecule has 0 bridgehead atoms. The van der Waals surface area contributed by atoms with E-state index in [1.54, 1.807) is 19.3 Å². The van der Waals surface area contributed by atoms with Crippen LogP contribution in [0, 0.1) is 0 Å². The zero-order valence-corrected chi connectivity index (χ0v) is 16.0. The van der Waals surface area contributed by atoms with E-state index in [1.807, 2.05) is 0 Å². The molecule has 2 unspecified atom stereocenters. The normalized spacial score (nSPS) is 18.1. The second-order valence-electron chi connectivity index (χ2n) is 6.13. The number of halogens is 1. The Hall–Kier alpha value is -2.33. The average Bonchev–Trinajstić information content (AvgIpc) is 3.21. The summed E-state index contributed by atoms with van der Waals surface area (Å²) in [5.41, 5.74) is 2.11. The van der Waals surface area contributed by atoms with Crippen LogP contribution >= 0.6 is 15.9 Å². The van der Waals surface area contributed by atoms with E-state index in [0.717, 1.165) is 15.5 Å². The van der Waals surface area contributed by atoms with Crippen molar-refractivity contribution in [2.24, 2.45) is 0 Å². The summed E-state index contributed by atoms with van der Waals surface area (Å²) in [6, 6.07) is -0.145. The Bertz CT molecular complexity index is 839. The Morgan fingerprint density at radius 1 is 1.54 bits per heavy atom. The fraction of sp³-hybridized carbons (Fsp3) is 0.438. The number of fused-ring (bicyclic) bond motifs is 1. The van der Waals surface area contributed by atoms with Crippen molar-refractivity contribution in [1.82, 2.24) is 15.3 Å². The first-order chi connectivity index (χ1) is 12.4. The van der Waals surface area contributed by atoms with Crippen LogP contribution in [0.3, 0.4) is 0 Å². The summed E-state index contributed by atoms with van der Waals surface area (Å²) in [6.07, 6.45) is 2.47. The quantitative estimate of drug-likeness (QED) is 0.582. The van der Waals surface area contributed by atoms with Crippen molar-refractivity contribution in [1.29, 1.82) is 0 Å². The monoisotopic (exact) mass is 425 g/mol. The third-order valence-electron chi connectivity index (χ3n) is 4.44. The number of amides is 2. The SMILES string of the molecule is COC(C)C(=O)Nc1c[nH]c2ncc(Br)c(N3CCC(NC(=O)O)C3)c12. The minimum atomic E-state index is -1.03. The summed E-state index contributed by atoms with van der Waals surface area (Å²) >= 11 is 3.53. The van der Waals surface area contributed by atoms with Gasteiger partial charge in [0.25, 0.3) is 5.91 Å². The van der Waals surface area contributed by atoms with Gasteiger partial charge in [-0.05, 0) is 29.3 Å². The summed E-state index contributed by atoms with van der Waals surface area (Å²) in [5.74, 6) is -0.258. The maximum Gasteiger partial charge on any atom is 0.404 e. The number of hydrogen-bond donors (Lipinski definition) is 4. The van der Waals surface area contributed by atoms with Gasteiger partial charge in [-0.15, -0.1) is 0 Å². The molecule has 1 aliphatic rings. The summed E-state index contributed by atoms with van der Waals surface area (Å²) in [5, 5.41) is 15.1. The lowest BCUT2D eigenvalue weighted by Crippen LogP contribution is -2.36. The van der Waals surface area contributed by atoms with Crippen LogP contribution in [0.4, 0.5) is 16.2 Å². The average molecular weight is 426 g/mol. The highest BCUT2D eigenvalue weighted by molar-refractivity contribution is 9.10. The van der Waals surface area contributed by atoms with Crippen LogP contribution in [-0.4, -0.2) is 59.4 Å². The number of carbonyl (C=O) groups excluding carboxylic acids is 1. The number of aromatic nitrogens is 2. The van der Waals surface area contributed by atoms with Crippen LogP contribution in [0.2, 0.25) is 0 Å². The third kappa shape index (κ3) is 3.61. The molecule has 10 heteroatoms. The molecule has 2 aromatic heterocycles. The number of carbonyl (C=O) groups is 2. The molecule has 4 N–H and O–H groups in total. The van der Waals surface area contributed by atoms with Crippen molar-refractivity contribution in [3.05, 3.63) is 16.9 Å². The van der Waals surface area contributed by atoms with Gasteiger partial charge in [-0.3, -0.25) is 4.79 Å². The number of anilines is 2. The maximum absolute atomic E-state index is 12.2. The molecular formula is C16H20BrN5O4. The third-order valence-corrected chi connectivity index (χ3v) is 5.02. The molecule has 2 atom stereocenters. The topological polar surface area (TPSA) is 120 Å². The number of carboxylic acid groups (broad SMARTS) is 1. The molecule has 3 heterocycles. The lowest BCUT2D eigenvalue weighted by Gasteiger charge is -2.22. The number of nitrogens with zero attached hydrogens (tertiary/aromatic N) is 2. The predicted molar refractivity (Wildman–Crippen MR) is 101 cm³/mol. The molecular weight excluding hydrogens is 406 g/mol. The van der Waals surface area contributed by atoms with Gasteiger partial charge in [0.15, 0.2) is 0 Å². The number of nitrogens with one attached hydrogen (secondary N) is 3. The second kappa shape index (κ2) is 7.50. The standard InChI is InChI=1S/C16H20BrN5O4/c1-8(26-2)15(23)21-11-6-19-14-12(11)13(10(17)5-18-14)22-4-3-9(7-22)20-16(24)25/h5-6,8-9,20H,3-4,7H2,1-2H3,(H,18,19)(H,21,23)(H,24,25). The minimum Gasteiger partial charge on any atom is -0.465 e. The van der Waals surface area contributed by atoms with Crippen LogP contribution in [-0.2, 0) is 9.53 Å². The van der Waals surface area contributed by atoms with E-state index < -0.39 is 12.2 Å². The predicted octanol–water partition coefficient (Wildman–Crippen LogP) is 2.15. The van der Waals surface area contributed by atoms with Crippen molar-refractivity contribution >= 4 is 50.3 Å². The molecule has 9 nitrogen and oxygen atoms in total. The van der Waals surface area contributed by atoms with Gasteiger partial charge in [0.2, 0.25) is 0 Å². The Labute approximate surface area is 158 Å². The zero-order chi connectivity index (χ0) is 18.8. The highest BCUT2D eigenvalue weighted by Crippen LogP contribution is 2.39. The summed E-state index contributed by atoms with van der Waals surface area (Å²) in [6.45, 7) is 2.90. The van der Waals surface area contributed by atoms with Gasteiger partial charge < -0.3 is 30.4 Å². The lowest BCUT2D eigenvalue weighted by atomic mass is 10.2. The van der Waals surface area contributed by atoms with E-state index in [9.17, 15) is 9.59 Å². The number of hydrogen-bond acceptors (Lipinski definition) is 5. The van der Waals surface area contributed by atoms with Crippen LogP contribution in [0.5, 0.6) is 0 Å². The summed E-state index contributed by atoms with van der Waals surface area (Å²) in [4.78, 5) is 32.6. The number of aromatic amines is 1. The lowest BCUT2D eigenvalue weighted by molar-refractivity contribution is -0.124. The Balaban J connectivity index is 1.95. The number of pyridine rings is 1. The van der Waals surface area contributed by atoms with Crippen molar-refractivity contribution in [2.45, 2.75) is 25.5 Å². The first kappa shape index (κ1) is 18.5. The molecule has 0 aliphatic carbocycles. The minimum absolute atomic E-state index is 0.145. The highest BCUT2D eigenvalue weighted by atomic mass is 79.9. The van der Waals surface area contributed by atoms with E-state index in [1.165, 1.54) is 7.11 Å². The Morgan fingerprint density at radius 3 is 3.00 bits per heavy atom. The van der Waals surface area contributed by atoms with E-state index in [4.69, 9.17) is 9.84 Å². The molecule has 0 saturated carbocycles. The van der Waals surface area contributed by atoms with Crippen molar-refractivity contribution in [2.75, 3.05) is 30.4 Å². The molecule has 3 rings (SSSR count). The number of methoxy groups -OCH3 is 1. The zero-order valence-electron chi connectivity index (χ0n) is 14.4. The van der Waals surface area contributed by atoms with Gasteiger partial charge in [0.05, 0.1) is 27.3 Å².